The van der Waals surface area contributed by atoms with Gasteiger partial charge in [0, 0.05) is 23.5 Å². The molecular weight excluding hydrogens is 312 g/mol. The molecular formula is C18H15F2N3O. The zero-order valence-corrected chi connectivity index (χ0v) is 12.7. The maximum atomic E-state index is 13.3. The van der Waals surface area contributed by atoms with Gasteiger partial charge in [-0.25, -0.2) is 14.2 Å². The fourth-order valence-electron chi connectivity index (χ4n) is 2.39. The van der Waals surface area contributed by atoms with Gasteiger partial charge in [0.05, 0.1) is 6.21 Å². The first-order valence-corrected chi connectivity index (χ1v) is 7.45. The topological polar surface area (TPSA) is 57.2 Å². The summed E-state index contributed by atoms with van der Waals surface area (Å²) >= 11 is 0. The van der Waals surface area contributed by atoms with Crippen LogP contribution >= 0.6 is 0 Å². The van der Waals surface area contributed by atoms with Gasteiger partial charge in [0.25, 0.3) is 0 Å². The number of hydrazone groups is 1. The van der Waals surface area contributed by atoms with Crippen LogP contribution in [0.15, 0.2) is 53.8 Å². The van der Waals surface area contributed by atoms with Crippen molar-refractivity contribution >= 4 is 23.0 Å². The number of nitrogens with zero attached hydrogens (tertiary/aromatic N) is 1. The number of amides is 1. The van der Waals surface area contributed by atoms with E-state index in [0.29, 0.717) is 12.0 Å². The summed E-state index contributed by atoms with van der Waals surface area (Å²) in [5.74, 6) is -0.887. The van der Waals surface area contributed by atoms with Gasteiger partial charge in [0.2, 0.25) is 5.91 Å². The number of aromatic amines is 1. The van der Waals surface area contributed by atoms with E-state index in [-0.39, 0.29) is 24.0 Å². The molecule has 6 heteroatoms. The number of H-pyrrole nitrogens is 1. The quantitative estimate of drug-likeness (QED) is 0.547. The van der Waals surface area contributed by atoms with Crippen molar-refractivity contribution in [2.45, 2.75) is 12.8 Å². The van der Waals surface area contributed by atoms with Gasteiger partial charge in [-0.15, -0.1) is 0 Å². The Labute approximate surface area is 137 Å². The SMILES string of the molecule is O=C(CCc1c[nH]c2ccc(F)cc12)N/N=C/c1ccc(F)cc1. The lowest BCUT2D eigenvalue weighted by atomic mass is 10.1. The van der Waals surface area contributed by atoms with Crippen LogP contribution in [0.1, 0.15) is 17.5 Å². The average molecular weight is 327 g/mol. The number of nitrogens with one attached hydrogen (secondary N) is 2. The molecule has 0 saturated heterocycles. The van der Waals surface area contributed by atoms with Gasteiger partial charge in [-0.05, 0) is 47.9 Å². The van der Waals surface area contributed by atoms with Crippen LogP contribution in [0.2, 0.25) is 0 Å². The van der Waals surface area contributed by atoms with Crippen molar-refractivity contribution < 1.29 is 13.6 Å². The van der Waals surface area contributed by atoms with Gasteiger partial charge in [0.15, 0.2) is 0 Å². The summed E-state index contributed by atoms with van der Waals surface area (Å²) in [6, 6.07) is 10.3. The Morgan fingerprint density at radius 2 is 1.88 bits per heavy atom. The summed E-state index contributed by atoms with van der Waals surface area (Å²) in [5.41, 5.74) is 4.82. The molecule has 0 aliphatic carbocycles. The third-order valence-electron chi connectivity index (χ3n) is 3.62. The second-order valence-electron chi connectivity index (χ2n) is 5.35. The number of fused-ring (bicyclic) bond motifs is 1. The highest BCUT2D eigenvalue weighted by molar-refractivity contribution is 5.85. The number of aromatic nitrogens is 1. The maximum absolute atomic E-state index is 13.3. The van der Waals surface area contributed by atoms with Crippen molar-refractivity contribution in [2.75, 3.05) is 0 Å². The lowest BCUT2D eigenvalue weighted by Crippen LogP contribution is -2.17. The zero-order valence-electron chi connectivity index (χ0n) is 12.7. The van der Waals surface area contributed by atoms with Crippen LogP contribution in [0, 0.1) is 11.6 Å². The molecule has 0 saturated carbocycles. The number of halogens is 2. The van der Waals surface area contributed by atoms with E-state index in [2.05, 4.69) is 15.5 Å². The second kappa shape index (κ2) is 7.04. The van der Waals surface area contributed by atoms with E-state index in [4.69, 9.17) is 0 Å². The summed E-state index contributed by atoms with van der Waals surface area (Å²) in [7, 11) is 0. The van der Waals surface area contributed by atoms with Crippen LogP contribution < -0.4 is 5.43 Å². The third kappa shape index (κ3) is 3.84. The molecule has 0 atom stereocenters. The smallest absolute Gasteiger partial charge is 0.240 e. The predicted molar refractivity (Wildman–Crippen MR) is 88.7 cm³/mol. The molecule has 0 aliphatic heterocycles. The molecule has 122 valence electrons. The molecule has 0 bridgehead atoms. The fraction of sp³-hybridized carbons (Fsp3) is 0.111. The summed E-state index contributed by atoms with van der Waals surface area (Å²) in [6.07, 6.45) is 3.92. The number of hydrogen-bond donors (Lipinski definition) is 2. The van der Waals surface area contributed by atoms with E-state index in [9.17, 15) is 13.6 Å². The molecule has 0 fully saturated rings. The van der Waals surface area contributed by atoms with Crippen molar-refractivity contribution in [3.63, 3.8) is 0 Å². The number of aryl methyl sites for hydroxylation is 1. The highest BCUT2D eigenvalue weighted by atomic mass is 19.1. The van der Waals surface area contributed by atoms with E-state index < -0.39 is 0 Å². The normalized spacial score (nSPS) is 11.2. The lowest BCUT2D eigenvalue weighted by molar-refractivity contribution is -0.121. The average Bonchev–Trinajstić information content (AvgIpc) is 2.97. The van der Waals surface area contributed by atoms with Crippen LogP contribution in [0.25, 0.3) is 10.9 Å². The maximum Gasteiger partial charge on any atom is 0.240 e. The Morgan fingerprint density at radius 3 is 2.67 bits per heavy atom. The molecule has 2 N–H and O–H groups in total. The minimum atomic E-state index is -0.327. The number of carbonyl (C=O) groups excluding carboxylic acids is 1. The molecule has 3 aromatic rings. The van der Waals surface area contributed by atoms with Crippen LogP contribution in [-0.4, -0.2) is 17.1 Å². The molecule has 2 aromatic carbocycles. The predicted octanol–water partition coefficient (Wildman–Crippen LogP) is 3.53. The molecule has 1 amide bonds. The molecule has 1 aromatic heterocycles. The second-order valence-corrected chi connectivity index (χ2v) is 5.35. The fourth-order valence-corrected chi connectivity index (χ4v) is 2.39. The zero-order chi connectivity index (χ0) is 16.9. The number of benzene rings is 2. The van der Waals surface area contributed by atoms with Crippen LogP contribution in [0.3, 0.4) is 0 Å². The minimum absolute atomic E-state index is 0.226. The van der Waals surface area contributed by atoms with Crippen LogP contribution in [0.4, 0.5) is 8.78 Å². The first kappa shape index (κ1) is 15.9. The monoisotopic (exact) mass is 327 g/mol. The van der Waals surface area contributed by atoms with E-state index in [1.54, 1.807) is 24.4 Å². The van der Waals surface area contributed by atoms with E-state index in [1.165, 1.54) is 30.5 Å². The Balaban J connectivity index is 1.55. The lowest BCUT2D eigenvalue weighted by Gasteiger charge is -2.00. The summed E-state index contributed by atoms with van der Waals surface area (Å²) in [5, 5.41) is 4.61. The van der Waals surface area contributed by atoms with Crippen molar-refractivity contribution in [3.8, 4) is 0 Å². The van der Waals surface area contributed by atoms with Gasteiger partial charge in [0.1, 0.15) is 11.6 Å². The molecule has 24 heavy (non-hydrogen) atoms. The van der Waals surface area contributed by atoms with Gasteiger partial charge in [-0.2, -0.15) is 5.10 Å². The summed E-state index contributed by atoms with van der Waals surface area (Å²) in [6.45, 7) is 0. The molecule has 4 nitrogen and oxygen atoms in total. The van der Waals surface area contributed by atoms with Crippen molar-refractivity contribution in [2.24, 2.45) is 5.10 Å². The van der Waals surface area contributed by atoms with E-state index in [1.807, 2.05) is 0 Å². The molecule has 0 aliphatic rings. The van der Waals surface area contributed by atoms with E-state index in [0.717, 1.165) is 16.5 Å². The summed E-state index contributed by atoms with van der Waals surface area (Å²) in [4.78, 5) is 14.9. The highest BCUT2D eigenvalue weighted by Crippen LogP contribution is 2.20. The molecule has 3 rings (SSSR count). The van der Waals surface area contributed by atoms with Gasteiger partial charge >= 0.3 is 0 Å². The van der Waals surface area contributed by atoms with E-state index >= 15 is 0 Å². The molecule has 1 heterocycles. The Kier molecular flexibility index (Phi) is 4.65. The van der Waals surface area contributed by atoms with Crippen molar-refractivity contribution in [1.29, 1.82) is 0 Å². The van der Waals surface area contributed by atoms with Gasteiger partial charge in [-0.1, -0.05) is 12.1 Å². The number of carbonyl (C=O) groups is 1. The Morgan fingerprint density at radius 1 is 1.12 bits per heavy atom. The third-order valence-corrected chi connectivity index (χ3v) is 3.62. The highest BCUT2D eigenvalue weighted by Gasteiger charge is 2.07. The van der Waals surface area contributed by atoms with Crippen molar-refractivity contribution in [1.82, 2.24) is 10.4 Å². The first-order valence-electron chi connectivity index (χ1n) is 7.45. The van der Waals surface area contributed by atoms with Gasteiger partial charge < -0.3 is 4.98 Å². The van der Waals surface area contributed by atoms with Gasteiger partial charge in [-0.3, -0.25) is 4.79 Å². The Hall–Kier alpha value is -3.02. The largest absolute Gasteiger partial charge is 0.361 e. The molecule has 0 spiro atoms. The molecule has 0 unspecified atom stereocenters. The standard InChI is InChI=1S/C18H15F2N3O/c19-14-4-1-12(2-5-14)10-22-23-18(24)8-3-13-11-21-17-7-6-15(20)9-16(13)17/h1-2,4-7,9-11,21H,3,8H2,(H,23,24)/b22-10+. The van der Waals surface area contributed by atoms with Crippen LogP contribution in [-0.2, 0) is 11.2 Å². The van der Waals surface area contributed by atoms with Crippen molar-refractivity contribution in [3.05, 3.63) is 71.4 Å². The Bertz CT molecular complexity index is 885. The first-order chi connectivity index (χ1) is 11.6. The number of hydrogen-bond acceptors (Lipinski definition) is 2. The molecule has 0 radical (unpaired) electrons. The number of rotatable bonds is 5. The van der Waals surface area contributed by atoms with Crippen LogP contribution in [0.5, 0.6) is 0 Å². The minimum Gasteiger partial charge on any atom is -0.361 e. The summed E-state index contributed by atoms with van der Waals surface area (Å²) < 4.78 is 26.1.